The zero-order valence-electron chi connectivity index (χ0n) is 25.3. The Balaban J connectivity index is 0.953. The number of para-hydroxylation sites is 1. The fourth-order valence-corrected chi connectivity index (χ4v) is 4.64. The molecule has 1 atom stereocenters. The first-order valence-corrected chi connectivity index (χ1v) is 15.1. The zero-order valence-corrected chi connectivity index (χ0v) is 25.3. The summed E-state index contributed by atoms with van der Waals surface area (Å²) in [6.45, 7) is 7.99. The third-order valence-corrected chi connectivity index (χ3v) is 7.01. The molecule has 0 saturated carbocycles. The van der Waals surface area contributed by atoms with E-state index >= 15 is 0 Å². The van der Waals surface area contributed by atoms with Gasteiger partial charge >= 0.3 is 6.03 Å². The second-order valence-electron chi connectivity index (χ2n) is 11.1. The standard InChI is InChI=1S/C34H45N3O6/c1-34(2)42-25-28-22-27(14-17-32(28)43-34)31(38)23-35-18-8-3-4-9-19-40-20-21-41-24-26-12-15-30(16-13-26)37-33(39)36-29-10-6-5-7-11-29/h5-7,10-17,22,31,35,38H,3-4,8-9,18-21,23-25H2,1-2H3,(H2,36,37,39)/t31-/m0/s1. The minimum Gasteiger partial charge on any atom is -0.463 e. The highest BCUT2D eigenvalue weighted by Gasteiger charge is 2.27. The van der Waals surface area contributed by atoms with Crippen LogP contribution < -0.4 is 20.7 Å². The monoisotopic (exact) mass is 591 g/mol. The third kappa shape index (κ3) is 11.6. The molecule has 4 N–H and O–H groups in total. The average molecular weight is 592 g/mol. The molecule has 0 spiro atoms. The number of rotatable bonds is 17. The van der Waals surface area contributed by atoms with Crippen molar-refractivity contribution in [3.05, 3.63) is 89.5 Å². The molecule has 0 saturated heterocycles. The number of fused-ring (bicyclic) bond motifs is 1. The van der Waals surface area contributed by atoms with Crippen LogP contribution in [0.3, 0.4) is 0 Å². The number of amides is 2. The van der Waals surface area contributed by atoms with Crippen molar-refractivity contribution < 1.29 is 28.8 Å². The number of aliphatic hydroxyl groups is 1. The Morgan fingerprint density at radius 2 is 1.60 bits per heavy atom. The van der Waals surface area contributed by atoms with Gasteiger partial charge in [0.1, 0.15) is 5.75 Å². The van der Waals surface area contributed by atoms with Crippen molar-refractivity contribution in [2.75, 3.05) is 43.5 Å². The van der Waals surface area contributed by atoms with Gasteiger partial charge in [-0.05, 0) is 66.9 Å². The van der Waals surface area contributed by atoms with Gasteiger partial charge in [-0.2, -0.15) is 0 Å². The van der Waals surface area contributed by atoms with Crippen LogP contribution in [0.4, 0.5) is 16.2 Å². The van der Waals surface area contributed by atoms with E-state index in [-0.39, 0.29) is 6.03 Å². The summed E-state index contributed by atoms with van der Waals surface area (Å²) in [7, 11) is 0. The molecule has 1 heterocycles. The second-order valence-corrected chi connectivity index (χ2v) is 11.1. The number of urea groups is 1. The molecule has 43 heavy (non-hydrogen) atoms. The van der Waals surface area contributed by atoms with E-state index in [1.54, 1.807) is 0 Å². The van der Waals surface area contributed by atoms with Crippen molar-refractivity contribution >= 4 is 17.4 Å². The summed E-state index contributed by atoms with van der Waals surface area (Å²) < 4.78 is 22.9. The Labute approximate surface area is 254 Å². The number of hydrogen-bond acceptors (Lipinski definition) is 7. The smallest absolute Gasteiger partial charge is 0.323 e. The van der Waals surface area contributed by atoms with Crippen LogP contribution in [0.2, 0.25) is 0 Å². The van der Waals surface area contributed by atoms with E-state index in [9.17, 15) is 9.90 Å². The van der Waals surface area contributed by atoms with E-state index < -0.39 is 11.9 Å². The van der Waals surface area contributed by atoms with E-state index in [4.69, 9.17) is 18.9 Å². The van der Waals surface area contributed by atoms with Gasteiger partial charge < -0.3 is 40.0 Å². The first kappa shape index (κ1) is 32.4. The van der Waals surface area contributed by atoms with E-state index in [2.05, 4.69) is 16.0 Å². The Morgan fingerprint density at radius 1 is 0.884 bits per heavy atom. The van der Waals surface area contributed by atoms with Crippen molar-refractivity contribution in [3.63, 3.8) is 0 Å². The maximum absolute atomic E-state index is 12.1. The fourth-order valence-electron chi connectivity index (χ4n) is 4.64. The number of carbonyl (C=O) groups is 1. The van der Waals surface area contributed by atoms with Gasteiger partial charge in [-0.3, -0.25) is 0 Å². The largest absolute Gasteiger partial charge is 0.463 e. The topological polar surface area (TPSA) is 110 Å². The molecule has 3 aromatic carbocycles. The molecule has 9 heteroatoms. The molecule has 4 rings (SSSR count). The number of nitrogens with one attached hydrogen (secondary N) is 3. The van der Waals surface area contributed by atoms with E-state index in [1.807, 2.05) is 86.6 Å². The van der Waals surface area contributed by atoms with Crippen molar-refractivity contribution in [1.82, 2.24) is 5.32 Å². The summed E-state index contributed by atoms with van der Waals surface area (Å²) in [6, 6.07) is 22.4. The van der Waals surface area contributed by atoms with Crippen LogP contribution in [-0.4, -0.2) is 49.8 Å². The van der Waals surface area contributed by atoms with Gasteiger partial charge in [0.2, 0.25) is 5.79 Å². The van der Waals surface area contributed by atoms with Crippen LogP contribution in [0, 0.1) is 0 Å². The quantitative estimate of drug-likeness (QED) is 0.135. The number of ether oxygens (including phenoxy) is 4. The maximum atomic E-state index is 12.1. The summed E-state index contributed by atoms with van der Waals surface area (Å²) >= 11 is 0. The van der Waals surface area contributed by atoms with Gasteiger partial charge in [0.25, 0.3) is 0 Å². The van der Waals surface area contributed by atoms with Gasteiger partial charge in [0, 0.05) is 43.9 Å². The third-order valence-electron chi connectivity index (χ3n) is 7.01. The molecule has 0 bridgehead atoms. The Kier molecular flexibility index (Phi) is 12.8. The minimum absolute atomic E-state index is 0.280. The molecule has 9 nitrogen and oxygen atoms in total. The molecule has 1 aliphatic heterocycles. The number of unbranched alkanes of at least 4 members (excludes halogenated alkanes) is 3. The molecule has 0 fully saturated rings. The van der Waals surface area contributed by atoms with Crippen molar-refractivity contribution in [3.8, 4) is 5.75 Å². The summed E-state index contributed by atoms with van der Waals surface area (Å²) in [5.41, 5.74) is 4.33. The van der Waals surface area contributed by atoms with Crippen LogP contribution in [0.15, 0.2) is 72.8 Å². The molecule has 1 aliphatic rings. The Bertz CT molecular complexity index is 1250. The van der Waals surface area contributed by atoms with Crippen molar-refractivity contribution in [2.24, 2.45) is 0 Å². The molecular formula is C34H45N3O6. The Morgan fingerprint density at radius 3 is 2.40 bits per heavy atom. The lowest BCUT2D eigenvalue weighted by molar-refractivity contribution is -0.180. The highest BCUT2D eigenvalue weighted by molar-refractivity contribution is 5.99. The van der Waals surface area contributed by atoms with Crippen LogP contribution in [-0.2, 0) is 27.4 Å². The van der Waals surface area contributed by atoms with Crippen LogP contribution >= 0.6 is 0 Å². The highest BCUT2D eigenvalue weighted by Crippen LogP contribution is 2.32. The molecule has 0 radical (unpaired) electrons. The summed E-state index contributed by atoms with van der Waals surface area (Å²) in [5, 5.41) is 19.5. The molecule has 0 aliphatic carbocycles. The van der Waals surface area contributed by atoms with Gasteiger partial charge in [0.15, 0.2) is 0 Å². The van der Waals surface area contributed by atoms with Crippen LogP contribution in [0.1, 0.15) is 62.3 Å². The van der Waals surface area contributed by atoms with Crippen molar-refractivity contribution in [2.45, 2.75) is 64.6 Å². The molecule has 232 valence electrons. The number of carbonyl (C=O) groups excluding carboxylic acids is 1. The van der Waals surface area contributed by atoms with Gasteiger partial charge in [0.05, 0.1) is 32.5 Å². The van der Waals surface area contributed by atoms with Crippen LogP contribution in [0.5, 0.6) is 5.75 Å². The molecule has 3 aromatic rings. The maximum Gasteiger partial charge on any atom is 0.323 e. The number of aliphatic hydroxyl groups excluding tert-OH is 1. The van der Waals surface area contributed by atoms with Crippen LogP contribution in [0.25, 0.3) is 0 Å². The fraction of sp³-hybridized carbons (Fsp3) is 0.441. The SMILES string of the molecule is CC1(C)OCc2cc([C@@H](O)CNCCCCCCOCCOCc3ccc(NC(=O)Nc4ccccc4)cc3)ccc2O1. The highest BCUT2D eigenvalue weighted by atomic mass is 16.7. The van der Waals surface area contributed by atoms with E-state index in [0.29, 0.717) is 33.0 Å². The van der Waals surface area contributed by atoms with Gasteiger partial charge in [-0.1, -0.05) is 49.2 Å². The first-order valence-electron chi connectivity index (χ1n) is 15.1. The minimum atomic E-state index is -0.616. The van der Waals surface area contributed by atoms with E-state index in [0.717, 1.165) is 72.6 Å². The predicted octanol–water partition coefficient (Wildman–Crippen LogP) is 6.39. The molecule has 0 unspecified atom stereocenters. The second kappa shape index (κ2) is 17.0. The first-order chi connectivity index (χ1) is 20.9. The zero-order chi connectivity index (χ0) is 30.3. The lowest BCUT2D eigenvalue weighted by Gasteiger charge is -2.33. The molecule has 0 aromatic heterocycles. The Hall–Kier alpha value is -3.47. The normalized spacial score (nSPS) is 14.4. The lowest BCUT2D eigenvalue weighted by atomic mass is 10.0. The number of hydrogen-bond donors (Lipinski definition) is 4. The summed E-state index contributed by atoms with van der Waals surface area (Å²) in [4.78, 5) is 12.1. The number of anilines is 2. The summed E-state index contributed by atoms with van der Waals surface area (Å²) in [5.74, 6) is 0.203. The summed E-state index contributed by atoms with van der Waals surface area (Å²) in [6.07, 6.45) is 3.74. The van der Waals surface area contributed by atoms with E-state index in [1.165, 1.54) is 0 Å². The van der Waals surface area contributed by atoms with Gasteiger partial charge in [-0.25, -0.2) is 4.79 Å². The average Bonchev–Trinajstić information content (AvgIpc) is 3.00. The molecular weight excluding hydrogens is 546 g/mol. The van der Waals surface area contributed by atoms with Crippen molar-refractivity contribution in [1.29, 1.82) is 0 Å². The lowest BCUT2D eigenvalue weighted by Crippen LogP contribution is -2.35. The van der Waals surface area contributed by atoms with Gasteiger partial charge in [-0.15, -0.1) is 0 Å². The number of benzene rings is 3. The predicted molar refractivity (Wildman–Crippen MR) is 168 cm³/mol. The molecule has 2 amide bonds.